The molecule has 1 aliphatic rings. The third-order valence-electron chi connectivity index (χ3n) is 5.04. The number of nitrogens with two attached hydrogens (primary N) is 1. The molecule has 0 aromatic heterocycles. The largest absolute Gasteiger partial charge is 0.329 e. The summed E-state index contributed by atoms with van der Waals surface area (Å²) in [6, 6.07) is 11.1. The molecule has 2 nitrogen and oxygen atoms in total. The second-order valence-electron chi connectivity index (χ2n) is 6.86. The lowest BCUT2D eigenvalue weighted by atomic mass is 9.71. The van der Waals surface area contributed by atoms with Gasteiger partial charge in [-0.25, -0.2) is 0 Å². The van der Waals surface area contributed by atoms with Crippen molar-refractivity contribution in [2.45, 2.75) is 58.0 Å². The summed E-state index contributed by atoms with van der Waals surface area (Å²) in [6.45, 7) is 7.69. The molecule has 3 atom stereocenters. The Hall–Kier alpha value is -0.860. The van der Waals surface area contributed by atoms with Crippen LogP contribution in [0.4, 0.5) is 0 Å². The molecule has 1 aromatic carbocycles. The van der Waals surface area contributed by atoms with E-state index in [9.17, 15) is 0 Å². The Bertz CT molecular complexity index is 401. The van der Waals surface area contributed by atoms with E-state index in [4.69, 9.17) is 5.73 Å². The average Bonchev–Trinajstić information content (AvgIpc) is 2.48. The summed E-state index contributed by atoms with van der Waals surface area (Å²) in [7, 11) is 0. The van der Waals surface area contributed by atoms with Crippen LogP contribution in [0.2, 0.25) is 0 Å². The summed E-state index contributed by atoms with van der Waals surface area (Å²) in [5, 5.41) is 3.86. The molecule has 2 heteroatoms. The van der Waals surface area contributed by atoms with Gasteiger partial charge in [0.25, 0.3) is 0 Å². The summed E-state index contributed by atoms with van der Waals surface area (Å²) in [5.74, 6) is 1.57. The fourth-order valence-electron chi connectivity index (χ4n) is 3.64. The van der Waals surface area contributed by atoms with E-state index in [2.05, 4.69) is 56.4 Å². The van der Waals surface area contributed by atoms with Crippen molar-refractivity contribution >= 4 is 0 Å². The Balaban J connectivity index is 2.07. The second-order valence-corrected chi connectivity index (χ2v) is 6.86. The Kier molecular flexibility index (Phi) is 5.22. The van der Waals surface area contributed by atoms with Crippen LogP contribution in [0, 0.1) is 11.8 Å². The van der Waals surface area contributed by atoms with E-state index < -0.39 is 0 Å². The Labute approximate surface area is 124 Å². The number of rotatable bonds is 5. The van der Waals surface area contributed by atoms with Gasteiger partial charge in [-0.3, -0.25) is 0 Å². The molecule has 0 radical (unpaired) electrons. The van der Waals surface area contributed by atoms with Gasteiger partial charge in [0.2, 0.25) is 0 Å². The molecule has 0 spiro atoms. The molecule has 112 valence electrons. The van der Waals surface area contributed by atoms with E-state index in [1.807, 2.05) is 0 Å². The molecule has 0 heterocycles. The summed E-state index contributed by atoms with van der Waals surface area (Å²) < 4.78 is 0. The van der Waals surface area contributed by atoms with Gasteiger partial charge >= 0.3 is 0 Å². The third-order valence-corrected chi connectivity index (χ3v) is 5.04. The fraction of sp³-hybridized carbons (Fsp3) is 0.667. The van der Waals surface area contributed by atoms with Gasteiger partial charge in [-0.15, -0.1) is 0 Å². The molecule has 3 N–H and O–H groups in total. The molecule has 2 rings (SSSR count). The van der Waals surface area contributed by atoms with E-state index in [0.717, 1.165) is 18.4 Å². The Morgan fingerprint density at radius 1 is 1.25 bits per heavy atom. The maximum atomic E-state index is 6.16. The zero-order valence-electron chi connectivity index (χ0n) is 13.2. The van der Waals surface area contributed by atoms with Gasteiger partial charge in [-0.05, 0) is 37.2 Å². The summed E-state index contributed by atoms with van der Waals surface area (Å²) >= 11 is 0. The number of hydrogen-bond donors (Lipinski definition) is 2. The van der Waals surface area contributed by atoms with Crippen molar-refractivity contribution < 1.29 is 0 Å². The van der Waals surface area contributed by atoms with Gasteiger partial charge in [-0.1, -0.05) is 57.0 Å². The zero-order valence-corrected chi connectivity index (χ0v) is 13.2. The van der Waals surface area contributed by atoms with Crippen molar-refractivity contribution in [2.75, 3.05) is 6.54 Å². The van der Waals surface area contributed by atoms with Crippen LogP contribution >= 0.6 is 0 Å². The van der Waals surface area contributed by atoms with Crippen LogP contribution in [-0.2, 0) is 0 Å². The van der Waals surface area contributed by atoms with Crippen LogP contribution < -0.4 is 11.1 Å². The predicted molar refractivity (Wildman–Crippen MR) is 86.6 cm³/mol. The van der Waals surface area contributed by atoms with Crippen LogP contribution in [0.15, 0.2) is 30.3 Å². The Morgan fingerprint density at radius 2 is 1.95 bits per heavy atom. The molecule has 3 unspecified atom stereocenters. The van der Waals surface area contributed by atoms with Gasteiger partial charge < -0.3 is 11.1 Å². The monoisotopic (exact) mass is 274 g/mol. The number of benzene rings is 1. The lowest BCUT2D eigenvalue weighted by Crippen LogP contribution is -2.55. The topological polar surface area (TPSA) is 38.0 Å². The highest BCUT2D eigenvalue weighted by Crippen LogP contribution is 2.37. The molecule has 20 heavy (non-hydrogen) atoms. The number of nitrogens with one attached hydrogen (secondary N) is 1. The van der Waals surface area contributed by atoms with Crippen molar-refractivity contribution in [3.63, 3.8) is 0 Å². The average molecular weight is 274 g/mol. The number of hydrogen-bond acceptors (Lipinski definition) is 2. The van der Waals surface area contributed by atoms with Crippen molar-refractivity contribution in [3.8, 4) is 0 Å². The van der Waals surface area contributed by atoms with Crippen molar-refractivity contribution in [1.29, 1.82) is 0 Å². The quantitative estimate of drug-likeness (QED) is 0.855. The molecule has 1 aliphatic carbocycles. The summed E-state index contributed by atoms with van der Waals surface area (Å²) in [6.07, 6.45) is 5.09. The first kappa shape index (κ1) is 15.5. The van der Waals surface area contributed by atoms with Crippen molar-refractivity contribution in [2.24, 2.45) is 17.6 Å². The molecule has 1 fully saturated rings. The minimum absolute atomic E-state index is 0.127. The lowest BCUT2D eigenvalue weighted by Gasteiger charge is -2.44. The van der Waals surface area contributed by atoms with Crippen LogP contribution in [0.3, 0.4) is 0 Å². The van der Waals surface area contributed by atoms with E-state index in [1.54, 1.807) is 0 Å². The van der Waals surface area contributed by atoms with Crippen LogP contribution in [0.25, 0.3) is 0 Å². The molecule has 0 saturated heterocycles. The van der Waals surface area contributed by atoms with Crippen molar-refractivity contribution in [3.05, 3.63) is 35.9 Å². The molecular formula is C18H30N2. The van der Waals surface area contributed by atoms with Gasteiger partial charge in [0, 0.05) is 18.1 Å². The first-order chi connectivity index (χ1) is 9.56. The van der Waals surface area contributed by atoms with Gasteiger partial charge in [0.15, 0.2) is 0 Å². The van der Waals surface area contributed by atoms with Crippen molar-refractivity contribution in [1.82, 2.24) is 5.32 Å². The molecular weight excluding hydrogens is 244 g/mol. The van der Waals surface area contributed by atoms with E-state index in [1.165, 1.54) is 31.2 Å². The molecule has 0 amide bonds. The zero-order chi connectivity index (χ0) is 14.6. The van der Waals surface area contributed by atoms with Gasteiger partial charge in [0.1, 0.15) is 0 Å². The minimum atomic E-state index is 0.127. The maximum absolute atomic E-state index is 6.16. The fourth-order valence-corrected chi connectivity index (χ4v) is 3.64. The SMILES string of the molecule is CC(NC1(CN)CCCC(C(C)C)C1)c1ccccc1. The lowest BCUT2D eigenvalue weighted by molar-refractivity contribution is 0.142. The summed E-state index contributed by atoms with van der Waals surface area (Å²) in [4.78, 5) is 0. The van der Waals surface area contributed by atoms with Crippen LogP contribution in [-0.4, -0.2) is 12.1 Å². The predicted octanol–water partition coefficient (Wildman–Crippen LogP) is 3.88. The van der Waals surface area contributed by atoms with Gasteiger partial charge in [-0.2, -0.15) is 0 Å². The smallest absolute Gasteiger partial charge is 0.0312 e. The second kappa shape index (κ2) is 6.73. The first-order valence-electron chi connectivity index (χ1n) is 8.09. The minimum Gasteiger partial charge on any atom is -0.329 e. The normalized spacial score (nSPS) is 28.6. The maximum Gasteiger partial charge on any atom is 0.0312 e. The third kappa shape index (κ3) is 3.62. The van der Waals surface area contributed by atoms with Gasteiger partial charge in [0.05, 0.1) is 0 Å². The highest BCUT2D eigenvalue weighted by Gasteiger charge is 2.37. The van der Waals surface area contributed by atoms with E-state index in [0.29, 0.717) is 6.04 Å². The van der Waals surface area contributed by atoms with E-state index in [-0.39, 0.29) is 5.54 Å². The Morgan fingerprint density at radius 3 is 2.55 bits per heavy atom. The first-order valence-corrected chi connectivity index (χ1v) is 8.09. The molecule has 1 aromatic rings. The molecule has 1 saturated carbocycles. The molecule has 0 aliphatic heterocycles. The molecule has 0 bridgehead atoms. The van der Waals surface area contributed by atoms with Crippen LogP contribution in [0.1, 0.15) is 58.1 Å². The highest BCUT2D eigenvalue weighted by atomic mass is 15.0. The summed E-state index contributed by atoms with van der Waals surface area (Å²) in [5.41, 5.74) is 7.65. The van der Waals surface area contributed by atoms with E-state index >= 15 is 0 Å². The van der Waals surface area contributed by atoms with Crippen LogP contribution in [0.5, 0.6) is 0 Å². The standard InChI is InChI=1S/C18H30N2/c1-14(2)17-10-7-11-18(12-17,13-19)20-15(3)16-8-5-4-6-9-16/h4-6,8-9,14-15,17,20H,7,10-13,19H2,1-3H3. The highest BCUT2D eigenvalue weighted by molar-refractivity contribution is 5.19.